The largest absolute Gasteiger partial charge is 0.478 e. The number of carboxylic acid groups (broad SMARTS) is 1. The molecule has 12 nitrogen and oxygen atoms in total. The lowest BCUT2D eigenvalue weighted by molar-refractivity contribution is -0.129. The minimum atomic E-state index is -2.66. The minimum Gasteiger partial charge on any atom is -0.478 e. The number of aromatic nitrogens is 6. The van der Waals surface area contributed by atoms with Gasteiger partial charge in [0.25, 0.3) is 6.43 Å². The summed E-state index contributed by atoms with van der Waals surface area (Å²) >= 11 is 0. The standard InChI is InChI=1S/C37H43F2N9O3/c1-23(49)45-14-8-31-30(21-45)34(47-13-3-5-24-15-28(26-19-42-44(2)20-26)29(33(38)39)16-32(24)47)43-48(31)27-6-10-37(11-7-27)9-4-12-46(22-37)36-40-17-25(18-41-36)35(50)51/h15-20,27,33H,3-14,21-22H2,1-2H3,(H,50,51). The lowest BCUT2D eigenvalue weighted by Crippen LogP contribution is -2.46. The van der Waals surface area contributed by atoms with E-state index in [1.165, 1.54) is 12.4 Å². The zero-order chi connectivity index (χ0) is 35.4. The number of fused-ring (bicyclic) bond motifs is 2. The molecule has 1 aliphatic carbocycles. The van der Waals surface area contributed by atoms with E-state index in [9.17, 15) is 23.5 Å². The van der Waals surface area contributed by atoms with Gasteiger partial charge in [0.2, 0.25) is 11.9 Å². The highest BCUT2D eigenvalue weighted by atomic mass is 19.3. The summed E-state index contributed by atoms with van der Waals surface area (Å²) in [4.78, 5) is 38.8. The number of carbonyl (C=O) groups is 2. The molecular formula is C37H43F2N9O3. The molecule has 268 valence electrons. The van der Waals surface area contributed by atoms with Crippen LogP contribution in [0, 0.1) is 5.41 Å². The van der Waals surface area contributed by atoms with Gasteiger partial charge in [0.05, 0.1) is 24.3 Å². The average molecular weight is 700 g/mol. The number of piperidine rings is 1. The minimum absolute atomic E-state index is 0.0162. The molecule has 3 aromatic heterocycles. The van der Waals surface area contributed by atoms with Crippen molar-refractivity contribution in [1.82, 2.24) is 34.4 Å². The lowest BCUT2D eigenvalue weighted by atomic mass is 9.68. The van der Waals surface area contributed by atoms with E-state index >= 15 is 0 Å². The molecule has 4 aromatic rings. The SMILES string of the molecule is CC(=O)N1CCc2c(c(N3CCCc4cc(-c5cnn(C)c5)c(C(F)F)cc43)nn2C2CCC3(CCCN(c4ncc(C(=O)O)cn4)C3)CC2)C1. The number of amides is 1. The first kappa shape index (κ1) is 33.3. The van der Waals surface area contributed by atoms with Crippen LogP contribution in [-0.4, -0.2) is 77.6 Å². The lowest BCUT2D eigenvalue weighted by Gasteiger charge is -2.47. The first-order valence-electron chi connectivity index (χ1n) is 18.0. The first-order chi connectivity index (χ1) is 24.6. The maximum absolute atomic E-state index is 14.7. The Hall–Kier alpha value is -4.88. The van der Waals surface area contributed by atoms with E-state index in [-0.39, 0.29) is 28.5 Å². The summed E-state index contributed by atoms with van der Waals surface area (Å²) in [6.07, 6.45) is 11.9. The van der Waals surface area contributed by atoms with E-state index in [1.54, 1.807) is 37.1 Å². The van der Waals surface area contributed by atoms with E-state index in [4.69, 9.17) is 5.10 Å². The van der Waals surface area contributed by atoms with Gasteiger partial charge in [0.1, 0.15) is 0 Å². The molecule has 1 saturated heterocycles. The molecule has 1 aromatic carbocycles. The van der Waals surface area contributed by atoms with Crippen LogP contribution in [0.5, 0.6) is 0 Å². The molecule has 1 saturated carbocycles. The van der Waals surface area contributed by atoms with Crippen molar-refractivity contribution in [3.8, 4) is 11.1 Å². The van der Waals surface area contributed by atoms with E-state index < -0.39 is 12.4 Å². The smallest absolute Gasteiger partial charge is 0.338 e. The summed E-state index contributed by atoms with van der Waals surface area (Å²) in [5.41, 5.74) is 5.30. The Labute approximate surface area is 295 Å². The first-order valence-corrected chi connectivity index (χ1v) is 18.0. The van der Waals surface area contributed by atoms with Crippen LogP contribution in [0.1, 0.15) is 97.1 Å². The monoisotopic (exact) mass is 699 g/mol. The number of alkyl halides is 2. The van der Waals surface area contributed by atoms with Gasteiger partial charge in [-0.1, -0.05) is 0 Å². The molecule has 6 heterocycles. The summed E-state index contributed by atoms with van der Waals surface area (Å²) in [6, 6.07) is 3.75. The third-order valence-electron chi connectivity index (χ3n) is 11.6. The third-order valence-corrected chi connectivity index (χ3v) is 11.6. The molecule has 51 heavy (non-hydrogen) atoms. The van der Waals surface area contributed by atoms with Crippen LogP contribution in [0.3, 0.4) is 0 Å². The predicted octanol–water partition coefficient (Wildman–Crippen LogP) is 6.10. The Morgan fingerprint density at radius 1 is 1.00 bits per heavy atom. The van der Waals surface area contributed by atoms with Crippen LogP contribution < -0.4 is 9.80 Å². The summed E-state index contributed by atoms with van der Waals surface area (Å²) in [5, 5.41) is 18.8. The quantitative estimate of drug-likeness (QED) is 0.254. The maximum atomic E-state index is 14.7. The molecule has 0 atom stereocenters. The number of hydrogen-bond acceptors (Lipinski definition) is 8. The molecule has 2 fully saturated rings. The highest BCUT2D eigenvalue weighted by molar-refractivity contribution is 5.86. The number of aryl methyl sites for hydroxylation is 2. The Morgan fingerprint density at radius 2 is 1.78 bits per heavy atom. The summed E-state index contributed by atoms with van der Waals surface area (Å²) < 4.78 is 33.2. The van der Waals surface area contributed by atoms with Crippen LogP contribution in [0.2, 0.25) is 0 Å². The van der Waals surface area contributed by atoms with Crippen molar-refractivity contribution in [2.75, 3.05) is 36.0 Å². The van der Waals surface area contributed by atoms with Crippen molar-refractivity contribution in [1.29, 1.82) is 0 Å². The Balaban J connectivity index is 1.09. The second-order valence-corrected chi connectivity index (χ2v) is 14.7. The highest BCUT2D eigenvalue weighted by Crippen LogP contribution is 2.49. The fraction of sp³-hybridized carbons (Fsp3) is 0.514. The number of benzene rings is 1. The fourth-order valence-electron chi connectivity index (χ4n) is 8.92. The number of carboxylic acids is 1. The second-order valence-electron chi connectivity index (χ2n) is 14.7. The number of carbonyl (C=O) groups excluding carboxylic acids is 1. The average Bonchev–Trinajstić information content (AvgIpc) is 3.74. The molecular weight excluding hydrogens is 656 g/mol. The molecule has 1 amide bonds. The number of aromatic carboxylic acids is 1. The van der Waals surface area contributed by atoms with Crippen LogP contribution in [0.15, 0.2) is 36.9 Å². The molecule has 0 unspecified atom stereocenters. The van der Waals surface area contributed by atoms with Crippen LogP contribution in [0.4, 0.5) is 26.2 Å². The van der Waals surface area contributed by atoms with Crippen LogP contribution in [-0.2, 0) is 31.2 Å². The van der Waals surface area contributed by atoms with E-state index in [2.05, 4.69) is 29.5 Å². The van der Waals surface area contributed by atoms with E-state index in [0.29, 0.717) is 43.1 Å². The fourth-order valence-corrected chi connectivity index (χ4v) is 8.92. The maximum Gasteiger partial charge on any atom is 0.338 e. The third kappa shape index (κ3) is 6.12. The molecule has 0 radical (unpaired) electrons. The summed E-state index contributed by atoms with van der Waals surface area (Å²) in [7, 11) is 1.78. The molecule has 14 heteroatoms. The Bertz CT molecular complexity index is 1970. The van der Waals surface area contributed by atoms with Crippen molar-refractivity contribution < 1.29 is 23.5 Å². The van der Waals surface area contributed by atoms with Gasteiger partial charge in [-0.25, -0.2) is 23.5 Å². The summed E-state index contributed by atoms with van der Waals surface area (Å²) in [6.45, 7) is 5.01. The van der Waals surface area contributed by atoms with Crippen molar-refractivity contribution in [3.63, 3.8) is 0 Å². The number of anilines is 3. The number of nitrogens with zero attached hydrogens (tertiary/aromatic N) is 9. The topological polar surface area (TPSA) is 126 Å². The van der Waals surface area contributed by atoms with Gasteiger partial charge in [0.15, 0.2) is 5.82 Å². The molecule has 1 N–H and O–H groups in total. The van der Waals surface area contributed by atoms with Gasteiger partial charge in [-0.3, -0.25) is 14.2 Å². The van der Waals surface area contributed by atoms with Crippen LogP contribution in [0.25, 0.3) is 11.1 Å². The van der Waals surface area contributed by atoms with Gasteiger partial charge in [-0.15, -0.1) is 0 Å². The van der Waals surface area contributed by atoms with E-state index in [0.717, 1.165) is 92.8 Å². The van der Waals surface area contributed by atoms with Gasteiger partial charge in [0, 0.05) is 93.2 Å². The molecule has 4 aliphatic rings. The molecule has 0 bridgehead atoms. The van der Waals surface area contributed by atoms with Crippen molar-refractivity contribution in [3.05, 3.63) is 64.9 Å². The van der Waals surface area contributed by atoms with Crippen LogP contribution >= 0.6 is 0 Å². The number of halogens is 2. The van der Waals surface area contributed by atoms with E-state index in [1.807, 2.05) is 11.0 Å². The Morgan fingerprint density at radius 3 is 2.47 bits per heavy atom. The van der Waals surface area contributed by atoms with Gasteiger partial charge in [-0.2, -0.15) is 10.2 Å². The summed E-state index contributed by atoms with van der Waals surface area (Å²) in [5.74, 6) is 0.330. The molecule has 1 spiro atoms. The van der Waals surface area contributed by atoms with Gasteiger partial charge >= 0.3 is 5.97 Å². The Kier molecular flexibility index (Phi) is 8.50. The predicted molar refractivity (Wildman–Crippen MR) is 186 cm³/mol. The van der Waals surface area contributed by atoms with Crippen molar-refractivity contribution >= 4 is 29.3 Å². The number of rotatable bonds is 6. The normalized spacial score (nSPS) is 22.0. The van der Waals surface area contributed by atoms with Crippen molar-refractivity contribution in [2.45, 2.75) is 83.7 Å². The zero-order valence-corrected chi connectivity index (χ0v) is 29.1. The highest BCUT2D eigenvalue weighted by Gasteiger charge is 2.42. The second kappa shape index (κ2) is 13.0. The van der Waals surface area contributed by atoms with Gasteiger partial charge in [-0.05, 0) is 80.0 Å². The van der Waals surface area contributed by atoms with Gasteiger partial charge < -0.3 is 19.8 Å². The zero-order valence-electron chi connectivity index (χ0n) is 29.1. The molecule has 3 aliphatic heterocycles. The molecule has 8 rings (SSSR count). The number of hydrogen-bond donors (Lipinski definition) is 1. The van der Waals surface area contributed by atoms with Crippen molar-refractivity contribution in [2.24, 2.45) is 12.5 Å².